The normalized spacial score (nSPS) is 14.1. The molecule has 1 N–H and O–H groups in total. The number of nitrogens with one attached hydrogen (secondary N) is 1. The molecule has 1 aliphatic rings. The third-order valence-corrected chi connectivity index (χ3v) is 5.23. The molecule has 0 radical (unpaired) electrons. The van der Waals surface area contributed by atoms with Gasteiger partial charge in [0.05, 0.1) is 5.56 Å². The van der Waals surface area contributed by atoms with Crippen molar-refractivity contribution in [3.8, 4) is 6.07 Å². The Bertz CT molecular complexity index is 746. The lowest BCUT2D eigenvalue weighted by atomic mass is 10.0. The second-order valence-corrected chi connectivity index (χ2v) is 6.95. The molecular weight excluding hydrogens is 306 g/mol. The number of nitrogens with zero attached hydrogens (tertiary/aromatic N) is 2. The number of likely N-dealkylation sites (N-methyl/N-ethyl adjacent to an activating group) is 1. The number of carbonyl (C=O) groups excluding carboxylic acids is 1. The number of carbonyl (C=O) groups is 1. The van der Waals surface area contributed by atoms with Gasteiger partial charge in [0.25, 0.3) is 0 Å². The predicted molar refractivity (Wildman–Crippen MR) is 92.5 cm³/mol. The zero-order valence-electron chi connectivity index (χ0n) is 13.1. The van der Waals surface area contributed by atoms with E-state index >= 15 is 0 Å². The van der Waals surface area contributed by atoms with Gasteiger partial charge in [0.15, 0.2) is 0 Å². The van der Waals surface area contributed by atoms with Crippen LogP contribution >= 0.6 is 11.3 Å². The van der Waals surface area contributed by atoms with Gasteiger partial charge in [0.2, 0.25) is 5.91 Å². The SMILES string of the molecule is CN1CCc2c(sc(NC(=O)CCc3ccccc3)c2C#N)C1. The molecular formula is C18H19N3OS. The maximum atomic E-state index is 12.2. The topological polar surface area (TPSA) is 56.1 Å². The van der Waals surface area contributed by atoms with E-state index < -0.39 is 0 Å². The van der Waals surface area contributed by atoms with Gasteiger partial charge in [0, 0.05) is 24.4 Å². The van der Waals surface area contributed by atoms with Crippen LogP contribution in [-0.2, 0) is 24.2 Å². The summed E-state index contributed by atoms with van der Waals surface area (Å²) in [5.74, 6) is -0.0303. The summed E-state index contributed by atoms with van der Waals surface area (Å²) in [6.07, 6.45) is 2.02. The second-order valence-electron chi connectivity index (χ2n) is 5.84. The summed E-state index contributed by atoms with van der Waals surface area (Å²) in [5.41, 5.74) is 2.93. The van der Waals surface area contributed by atoms with E-state index in [4.69, 9.17) is 0 Å². The summed E-state index contributed by atoms with van der Waals surface area (Å²) in [6, 6.07) is 12.2. The van der Waals surface area contributed by atoms with Crippen LogP contribution in [0.2, 0.25) is 0 Å². The van der Waals surface area contributed by atoms with Crippen LogP contribution in [0.1, 0.15) is 28.0 Å². The molecule has 5 heteroatoms. The van der Waals surface area contributed by atoms with Gasteiger partial charge in [-0.25, -0.2) is 0 Å². The van der Waals surface area contributed by atoms with Crippen molar-refractivity contribution in [3.05, 3.63) is 51.9 Å². The lowest BCUT2D eigenvalue weighted by molar-refractivity contribution is -0.116. The van der Waals surface area contributed by atoms with Crippen LogP contribution in [-0.4, -0.2) is 24.4 Å². The van der Waals surface area contributed by atoms with Gasteiger partial charge in [-0.2, -0.15) is 5.26 Å². The lowest BCUT2D eigenvalue weighted by Gasteiger charge is -2.21. The molecule has 23 heavy (non-hydrogen) atoms. The molecule has 118 valence electrons. The zero-order chi connectivity index (χ0) is 16.2. The van der Waals surface area contributed by atoms with Crippen molar-refractivity contribution < 1.29 is 4.79 Å². The number of thiophene rings is 1. The van der Waals surface area contributed by atoms with E-state index in [9.17, 15) is 10.1 Å². The Morgan fingerprint density at radius 3 is 2.91 bits per heavy atom. The smallest absolute Gasteiger partial charge is 0.225 e. The van der Waals surface area contributed by atoms with E-state index in [2.05, 4.69) is 23.3 Å². The minimum absolute atomic E-state index is 0.0303. The maximum absolute atomic E-state index is 12.2. The fraction of sp³-hybridized carbons (Fsp3) is 0.333. The first-order valence-corrected chi connectivity index (χ1v) is 8.56. The van der Waals surface area contributed by atoms with Crippen molar-refractivity contribution >= 4 is 22.2 Å². The number of anilines is 1. The number of amides is 1. The van der Waals surface area contributed by atoms with Crippen LogP contribution in [0.3, 0.4) is 0 Å². The van der Waals surface area contributed by atoms with Crippen molar-refractivity contribution in [2.75, 3.05) is 18.9 Å². The number of fused-ring (bicyclic) bond motifs is 1. The summed E-state index contributed by atoms with van der Waals surface area (Å²) in [4.78, 5) is 15.6. The summed E-state index contributed by atoms with van der Waals surface area (Å²) in [5, 5.41) is 13.1. The molecule has 0 spiro atoms. The highest BCUT2D eigenvalue weighted by molar-refractivity contribution is 7.16. The van der Waals surface area contributed by atoms with E-state index in [0.29, 0.717) is 23.4 Å². The van der Waals surface area contributed by atoms with Gasteiger partial charge in [-0.15, -0.1) is 11.3 Å². The maximum Gasteiger partial charge on any atom is 0.225 e. The Morgan fingerprint density at radius 2 is 2.17 bits per heavy atom. The number of hydrogen-bond donors (Lipinski definition) is 1. The van der Waals surface area contributed by atoms with Crippen LogP contribution in [0.15, 0.2) is 30.3 Å². The van der Waals surface area contributed by atoms with Crippen LogP contribution < -0.4 is 5.32 Å². The van der Waals surface area contributed by atoms with E-state index in [0.717, 1.165) is 30.6 Å². The average Bonchev–Trinajstić information content (AvgIpc) is 2.89. The van der Waals surface area contributed by atoms with Gasteiger partial charge in [0.1, 0.15) is 11.1 Å². The highest BCUT2D eigenvalue weighted by atomic mass is 32.1. The number of hydrogen-bond acceptors (Lipinski definition) is 4. The van der Waals surface area contributed by atoms with Crippen molar-refractivity contribution in [1.29, 1.82) is 5.26 Å². The standard InChI is InChI=1S/C18H19N3OS/c1-21-10-9-14-15(11-19)18(23-16(14)12-21)20-17(22)8-7-13-5-3-2-4-6-13/h2-6H,7-10,12H2,1H3,(H,20,22). The fourth-order valence-corrected chi connectivity index (χ4v) is 4.12. The van der Waals surface area contributed by atoms with E-state index in [1.54, 1.807) is 11.3 Å². The first-order valence-electron chi connectivity index (χ1n) is 7.74. The largest absolute Gasteiger partial charge is 0.317 e. The molecule has 0 unspecified atom stereocenters. The third kappa shape index (κ3) is 3.61. The second kappa shape index (κ2) is 6.95. The van der Waals surface area contributed by atoms with Crippen molar-refractivity contribution in [2.45, 2.75) is 25.8 Å². The first-order chi connectivity index (χ1) is 11.2. The molecule has 2 heterocycles. The molecule has 1 aromatic carbocycles. The molecule has 1 amide bonds. The fourth-order valence-electron chi connectivity index (χ4n) is 2.83. The molecule has 0 saturated carbocycles. The van der Waals surface area contributed by atoms with Gasteiger partial charge < -0.3 is 10.2 Å². The minimum atomic E-state index is -0.0303. The molecule has 1 aliphatic heterocycles. The van der Waals surface area contributed by atoms with Crippen LogP contribution in [0, 0.1) is 11.3 Å². The van der Waals surface area contributed by atoms with E-state index in [1.807, 2.05) is 30.3 Å². The Morgan fingerprint density at radius 1 is 1.39 bits per heavy atom. The minimum Gasteiger partial charge on any atom is -0.317 e. The number of benzene rings is 1. The Hall–Kier alpha value is -2.16. The van der Waals surface area contributed by atoms with Gasteiger partial charge in [-0.3, -0.25) is 4.79 Å². The summed E-state index contributed by atoms with van der Waals surface area (Å²) < 4.78 is 0. The summed E-state index contributed by atoms with van der Waals surface area (Å²) in [7, 11) is 2.08. The quantitative estimate of drug-likeness (QED) is 0.939. The molecule has 2 aromatic rings. The third-order valence-electron chi connectivity index (χ3n) is 4.10. The monoisotopic (exact) mass is 325 g/mol. The highest BCUT2D eigenvalue weighted by Crippen LogP contribution is 2.36. The Labute approximate surface area is 140 Å². The van der Waals surface area contributed by atoms with Crippen LogP contribution in [0.25, 0.3) is 0 Å². The molecule has 1 aromatic heterocycles. The van der Waals surface area contributed by atoms with Gasteiger partial charge >= 0.3 is 0 Å². The van der Waals surface area contributed by atoms with Crippen molar-refractivity contribution in [2.24, 2.45) is 0 Å². The van der Waals surface area contributed by atoms with Crippen molar-refractivity contribution in [3.63, 3.8) is 0 Å². The Balaban J connectivity index is 1.68. The summed E-state index contributed by atoms with van der Waals surface area (Å²) >= 11 is 1.54. The Kier molecular flexibility index (Phi) is 4.75. The molecule has 0 saturated heterocycles. The summed E-state index contributed by atoms with van der Waals surface area (Å²) in [6.45, 7) is 1.81. The number of nitriles is 1. The lowest BCUT2D eigenvalue weighted by Crippen LogP contribution is -2.25. The predicted octanol–water partition coefficient (Wildman–Crippen LogP) is 3.18. The van der Waals surface area contributed by atoms with E-state index in [1.165, 1.54) is 4.88 Å². The van der Waals surface area contributed by atoms with Gasteiger partial charge in [-0.1, -0.05) is 30.3 Å². The average molecular weight is 325 g/mol. The highest BCUT2D eigenvalue weighted by Gasteiger charge is 2.23. The molecule has 0 atom stereocenters. The van der Waals surface area contributed by atoms with Crippen LogP contribution in [0.4, 0.5) is 5.00 Å². The molecule has 3 rings (SSSR count). The zero-order valence-corrected chi connectivity index (χ0v) is 13.9. The van der Waals surface area contributed by atoms with Gasteiger partial charge in [-0.05, 0) is 31.0 Å². The molecule has 0 bridgehead atoms. The number of aryl methyl sites for hydroxylation is 1. The number of rotatable bonds is 4. The van der Waals surface area contributed by atoms with Crippen molar-refractivity contribution in [1.82, 2.24) is 4.90 Å². The molecule has 4 nitrogen and oxygen atoms in total. The van der Waals surface area contributed by atoms with E-state index in [-0.39, 0.29) is 5.91 Å². The first kappa shape index (κ1) is 15.7. The van der Waals surface area contributed by atoms with Crippen LogP contribution in [0.5, 0.6) is 0 Å². The molecule has 0 fully saturated rings. The molecule has 0 aliphatic carbocycles.